The number of imidazole rings is 1. The van der Waals surface area contributed by atoms with E-state index in [4.69, 9.17) is 12.2 Å². The van der Waals surface area contributed by atoms with E-state index in [0.29, 0.717) is 46.6 Å². The maximum Gasteiger partial charge on any atom is 0.288 e. The average Bonchev–Trinajstić information content (AvgIpc) is 3.15. The van der Waals surface area contributed by atoms with Crippen molar-refractivity contribution in [2.45, 2.75) is 39.2 Å². The molecule has 0 radical (unpaired) electrons. The number of carbonyl (C=O) groups is 2. The first-order chi connectivity index (χ1) is 16.0. The summed E-state index contributed by atoms with van der Waals surface area (Å²) in [7, 11) is 0. The van der Waals surface area contributed by atoms with E-state index in [9.17, 15) is 14.4 Å². The van der Waals surface area contributed by atoms with Crippen LogP contribution < -0.4 is 16.4 Å². The SMILES string of the molecule is Cc1nc2ccccn2c1C(=O)NNC(=O)CCCCCn1c(=S)[nH]c2ccccc2c1=O. The second-order valence-corrected chi connectivity index (χ2v) is 8.11. The number of nitrogens with zero attached hydrogens (tertiary/aromatic N) is 3. The van der Waals surface area contributed by atoms with E-state index in [1.165, 1.54) is 0 Å². The van der Waals surface area contributed by atoms with E-state index in [-0.39, 0.29) is 17.9 Å². The molecule has 0 aliphatic rings. The first-order valence-electron chi connectivity index (χ1n) is 10.7. The van der Waals surface area contributed by atoms with Crippen LogP contribution in [-0.4, -0.2) is 30.8 Å². The molecule has 9 nitrogen and oxygen atoms in total. The van der Waals surface area contributed by atoms with Crippen LogP contribution in [0.25, 0.3) is 16.6 Å². The van der Waals surface area contributed by atoms with Gasteiger partial charge in [-0.3, -0.25) is 34.2 Å². The normalized spacial score (nSPS) is 11.1. The van der Waals surface area contributed by atoms with Crippen LogP contribution in [0.1, 0.15) is 41.9 Å². The maximum absolute atomic E-state index is 12.6. The molecule has 0 atom stereocenters. The molecule has 0 fully saturated rings. The largest absolute Gasteiger partial charge is 0.332 e. The smallest absolute Gasteiger partial charge is 0.288 e. The van der Waals surface area contributed by atoms with Gasteiger partial charge in [0.15, 0.2) is 4.77 Å². The second-order valence-electron chi connectivity index (χ2n) is 7.72. The lowest BCUT2D eigenvalue weighted by Gasteiger charge is -2.09. The van der Waals surface area contributed by atoms with E-state index in [0.717, 1.165) is 11.9 Å². The van der Waals surface area contributed by atoms with Gasteiger partial charge in [0.25, 0.3) is 11.5 Å². The molecule has 170 valence electrons. The fourth-order valence-corrected chi connectivity index (χ4v) is 4.05. The first-order valence-corrected chi connectivity index (χ1v) is 11.1. The highest BCUT2D eigenvalue weighted by molar-refractivity contribution is 7.71. The van der Waals surface area contributed by atoms with Crippen LogP contribution in [0, 0.1) is 11.7 Å². The Hall–Kier alpha value is -3.79. The lowest BCUT2D eigenvalue weighted by Crippen LogP contribution is -2.42. The molecule has 4 aromatic rings. The zero-order valence-corrected chi connectivity index (χ0v) is 18.9. The number of carbonyl (C=O) groups excluding carboxylic acids is 2. The number of hydrazine groups is 1. The topological polar surface area (TPSA) is 113 Å². The van der Waals surface area contributed by atoms with Gasteiger partial charge >= 0.3 is 0 Å². The molecule has 3 heterocycles. The lowest BCUT2D eigenvalue weighted by atomic mass is 10.2. The molecular formula is C23H24N6O3S. The van der Waals surface area contributed by atoms with Crippen LogP contribution in [-0.2, 0) is 11.3 Å². The Morgan fingerprint density at radius 1 is 1.06 bits per heavy atom. The number of amides is 2. The number of H-pyrrole nitrogens is 1. The molecule has 0 bridgehead atoms. The van der Waals surface area contributed by atoms with Gasteiger partial charge in [-0.15, -0.1) is 0 Å². The van der Waals surface area contributed by atoms with Gasteiger partial charge < -0.3 is 4.98 Å². The fraction of sp³-hybridized carbons (Fsp3) is 0.261. The summed E-state index contributed by atoms with van der Waals surface area (Å²) in [5, 5.41) is 0.599. The standard InChI is InChI=1S/C23H24N6O3S/c1-15-20(28-13-8-6-11-18(28)24-15)21(31)27-26-19(30)12-3-2-7-14-29-22(32)16-9-4-5-10-17(16)25-23(29)33/h4-6,8-11,13H,2-3,7,12,14H2,1H3,(H,25,33)(H,26,30)(H,27,31). The molecule has 0 saturated heterocycles. The fourth-order valence-electron chi connectivity index (χ4n) is 3.77. The Kier molecular flexibility index (Phi) is 6.64. The van der Waals surface area contributed by atoms with Gasteiger partial charge in [0.05, 0.1) is 16.6 Å². The number of para-hydroxylation sites is 1. The number of aryl methyl sites for hydroxylation is 1. The minimum Gasteiger partial charge on any atom is -0.332 e. The summed E-state index contributed by atoms with van der Waals surface area (Å²) in [6, 6.07) is 12.7. The third-order valence-corrected chi connectivity index (χ3v) is 5.73. The summed E-state index contributed by atoms with van der Waals surface area (Å²) < 4.78 is 3.62. The van der Waals surface area contributed by atoms with Gasteiger partial charge in [0.1, 0.15) is 11.3 Å². The minimum atomic E-state index is -0.426. The van der Waals surface area contributed by atoms with E-state index in [1.807, 2.05) is 30.3 Å². The van der Waals surface area contributed by atoms with Crippen LogP contribution in [0.3, 0.4) is 0 Å². The van der Waals surface area contributed by atoms with Gasteiger partial charge in [-0.25, -0.2) is 4.98 Å². The molecule has 33 heavy (non-hydrogen) atoms. The van der Waals surface area contributed by atoms with E-state index >= 15 is 0 Å². The highest BCUT2D eigenvalue weighted by Gasteiger charge is 2.16. The predicted octanol–water partition coefficient (Wildman–Crippen LogP) is 3.04. The van der Waals surface area contributed by atoms with Crippen molar-refractivity contribution < 1.29 is 9.59 Å². The first kappa shape index (κ1) is 22.4. The molecular weight excluding hydrogens is 440 g/mol. The number of nitrogens with one attached hydrogen (secondary N) is 3. The number of hydrogen-bond acceptors (Lipinski definition) is 5. The summed E-state index contributed by atoms with van der Waals surface area (Å²) in [4.78, 5) is 44.7. The Labute approximate surface area is 194 Å². The Balaban J connectivity index is 1.24. The van der Waals surface area contributed by atoms with Gasteiger partial charge in [-0.2, -0.15) is 0 Å². The Bertz CT molecular complexity index is 1450. The summed E-state index contributed by atoms with van der Waals surface area (Å²) >= 11 is 5.31. The Morgan fingerprint density at radius 3 is 2.70 bits per heavy atom. The number of aromatic amines is 1. The van der Waals surface area contributed by atoms with Crippen molar-refractivity contribution in [1.29, 1.82) is 0 Å². The van der Waals surface area contributed by atoms with Gasteiger partial charge in [0.2, 0.25) is 5.91 Å². The predicted molar refractivity (Wildman–Crippen MR) is 127 cm³/mol. The van der Waals surface area contributed by atoms with E-state index < -0.39 is 5.91 Å². The van der Waals surface area contributed by atoms with Crippen LogP contribution in [0.5, 0.6) is 0 Å². The van der Waals surface area contributed by atoms with Crippen molar-refractivity contribution in [1.82, 2.24) is 29.8 Å². The van der Waals surface area contributed by atoms with Crippen molar-refractivity contribution >= 4 is 40.6 Å². The summed E-state index contributed by atoms with van der Waals surface area (Å²) in [5.74, 6) is -0.709. The minimum absolute atomic E-state index is 0.113. The second kappa shape index (κ2) is 9.78. The molecule has 3 N–H and O–H groups in total. The molecule has 0 aliphatic carbocycles. The van der Waals surface area contributed by atoms with Crippen LogP contribution in [0.15, 0.2) is 53.5 Å². The van der Waals surface area contributed by atoms with Crippen molar-refractivity contribution in [2.75, 3.05) is 0 Å². The zero-order valence-electron chi connectivity index (χ0n) is 18.1. The highest BCUT2D eigenvalue weighted by Crippen LogP contribution is 2.11. The lowest BCUT2D eigenvalue weighted by molar-refractivity contribution is -0.122. The third-order valence-electron chi connectivity index (χ3n) is 5.41. The van der Waals surface area contributed by atoms with Gasteiger partial charge in [0, 0.05) is 19.2 Å². The molecule has 0 unspecified atom stereocenters. The molecule has 0 spiro atoms. The maximum atomic E-state index is 12.6. The van der Waals surface area contributed by atoms with Crippen molar-refractivity contribution in [3.8, 4) is 0 Å². The van der Waals surface area contributed by atoms with Crippen LogP contribution in [0.2, 0.25) is 0 Å². The van der Waals surface area contributed by atoms with E-state index in [1.54, 1.807) is 34.2 Å². The highest BCUT2D eigenvalue weighted by atomic mass is 32.1. The molecule has 3 aromatic heterocycles. The Morgan fingerprint density at radius 2 is 1.85 bits per heavy atom. The molecule has 0 saturated carbocycles. The number of hydrogen-bond donors (Lipinski definition) is 3. The number of unbranched alkanes of at least 4 members (excludes halogenated alkanes) is 2. The number of benzene rings is 1. The van der Waals surface area contributed by atoms with E-state index in [2.05, 4.69) is 20.8 Å². The van der Waals surface area contributed by atoms with Crippen molar-refractivity contribution in [2.24, 2.45) is 0 Å². The molecule has 10 heteroatoms. The number of fused-ring (bicyclic) bond motifs is 2. The van der Waals surface area contributed by atoms with Gasteiger partial charge in [-0.1, -0.05) is 24.6 Å². The van der Waals surface area contributed by atoms with Crippen molar-refractivity contribution in [3.05, 3.63) is 75.2 Å². The van der Waals surface area contributed by atoms with Crippen LogP contribution in [0.4, 0.5) is 0 Å². The monoisotopic (exact) mass is 464 g/mol. The number of rotatable bonds is 7. The summed E-state index contributed by atoms with van der Waals surface area (Å²) in [6.07, 6.45) is 4.07. The molecule has 2 amide bonds. The van der Waals surface area contributed by atoms with Crippen LogP contribution >= 0.6 is 12.2 Å². The average molecular weight is 465 g/mol. The van der Waals surface area contributed by atoms with Crippen molar-refractivity contribution in [3.63, 3.8) is 0 Å². The zero-order chi connectivity index (χ0) is 23.4. The van der Waals surface area contributed by atoms with Gasteiger partial charge in [-0.05, 0) is 56.2 Å². The third kappa shape index (κ3) is 4.85. The molecule has 1 aromatic carbocycles. The number of aromatic nitrogens is 4. The summed E-state index contributed by atoms with van der Waals surface area (Å²) in [5.41, 5.74) is 7.14. The molecule has 4 rings (SSSR count). The summed E-state index contributed by atoms with van der Waals surface area (Å²) in [6.45, 7) is 2.22. The number of pyridine rings is 1. The quantitative estimate of drug-likeness (QED) is 0.221. The molecule has 0 aliphatic heterocycles.